The molecule has 0 spiro atoms. The fraction of sp³-hybridized carbons (Fsp3) is 0.429. The number of benzene rings is 1. The van der Waals surface area contributed by atoms with E-state index >= 15 is 0 Å². The van der Waals surface area contributed by atoms with Gasteiger partial charge >= 0.3 is 0 Å². The lowest BCUT2D eigenvalue weighted by molar-refractivity contribution is 0.221. The van der Waals surface area contributed by atoms with E-state index in [0.29, 0.717) is 5.56 Å². The molecule has 1 aromatic carbocycles. The summed E-state index contributed by atoms with van der Waals surface area (Å²) < 4.78 is 26.2. The molecule has 0 aliphatic heterocycles. The molecule has 1 aromatic rings. The molecule has 0 saturated carbocycles. The minimum absolute atomic E-state index is 0.310. The molecular formula is C14H16F2. The van der Waals surface area contributed by atoms with Crippen molar-refractivity contribution in [2.24, 2.45) is 5.41 Å². The zero-order valence-corrected chi connectivity index (χ0v) is 10.1. The molecule has 0 radical (unpaired) electrons. The zero-order valence-electron chi connectivity index (χ0n) is 10.1. The lowest BCUT2D eigenvalue weighted by atomic mass is 9.89. The summed E-state index contributed by atoms with van der Waals surface area (Å²) in [5, 5.41) is 0. The van der Waals surface area contributed by atoms with Crippen LogP contribution in [0, 0.1) is 30.0 Å². The van der Waals surface area contributed by atoms with Gasteiger partial charge in [-0.05, 0) is 51.5 Å². The first kappa shape index (κ1) is 12.7. The molecule has 0 N–H and O–H groups in total. The summed E-state index contributed by atoms with van der Waals surface area (Å²) in [6.07, 6.45) is -1.02. The number of rotatable bonds is 1. The monoisotopic (exact) mass is 222 g/mol. The Kier molecular flexibility index (Phi) is 3.70. The Morgan fingerprint density at radius 1 is 1.25 bits per heavy atom. The summed E-state index contributed by atoms with van der Waals surface area (Å²) in [4.78, 5) is 0. The van der Waals surface area contributed by atoms with Crippen LogP contribution < -0.4 is 0 Å². The van der Waals surface area contributed by atoms with Crippen LogP contribution in [0.25, 0.3) is 0 Å². The normalized spacial score (nSPS) is 12.9. The highest BCUT2D eigenvalue weighted by Gasteiger charge is 2.22. The lowest BCUT2D eigenvalue weighted by Crippen LogP contribution is -2.20. The Balaban J connectivity index is 3.01. The molecule has 2 heteroatoms. The number of hydrogen-bond acceptors (Lipinski definition) is 0. The van der Waals surface area contributed by atoms with Crippen molar-refractivity contribution in [2.45, 2.75) is 33.9 Å². The number of aryl methyl sites for hydroxylation is 1. The number of halogens is 2. The molecule has 86 valence electrons. The topological polar surface area (TPSA) is 0 Å². The smallest absolute Gasteiger partial charge is 0.124 e. The molecule has 0 saturated heterocycles. The molecule has 0 amide bonds. The van der Waals surface area contributed by atoms with Gasteiger partial charge in [-0.2, -0.15) is 0 Å². The summed E-state index contributed by atoms with van der Waals surface area (Å²) in [5.74, 6) is 5.35. The molecule has 0 nitrogen and oxygen atoms in total. The highest BCUT2D eigenvalue weighted by Crippen LogP contribution is 2.22. The summed E-state index contributed by atoms with van der Waals surface area (Å²) in [6.45, 7) is 6.75. The van der Waals surface area contributed by atoms with E-state index in [9.17, 15) is 8.78 Å². The third-order valence-electron chi connectivity index (χ3n) is 2.57. The van der Waals surface area contributed by atoms with Gasteiger partial charge in [0.1, 0.15) is 12.0 Å². The second-order valence-corrected chi connectivity index (χ2v) is 4.60. The molecule has 0 heterocycles. The van der Waals surface area contributed by atoms with Crippen molar-refractivity contribution in [1.82, 2.24) is 0 Å². The summed E-state index contributed by atoms with van der Waals surface area (Å²) in [7, 11) is 0. The highest BCUT2D eigenvalue weighted by atomic mass is 19.1. The van der Waals surface area contributed by atoms with Crippen molar-refractivity contribution in [3.05, 3.63) is 35.1 Å². The van der Waals surface area contributed by atoms with Gasteiger partial charge in [0.05, 0.1) is 5.41 Å². The van der Waals surface area contributed by atoms with E-state index < -0.39 is 11.6 Å². The molecule has 0 aliphatic carbocycles. The lowest BCUT2D eigenvalue weighted by Gasteiger charge is -2.18. The molecular weight excluding hydrogens is 206 g/mol. The maximum absolute atomic E-state index is 13.2. The number of alkyl halides is 1. The van der Waals surface area contributed by atoms with Crippen molar-refractivity contribution < 1.29 is 8.78 Å². The minimum Gasteiger partial charge on any atom is -0.246 e. The van der Waals surface area contributed by atoms with Crippen molar-refractivity contribution in [2.75, 3.05) is 0 Å². The van der Waals surface area contributed by atoms with Crippen molar-refractivity contribution >= 4 is 0 Å². The Morgan fingerprint density at radius 2 is 1.88 bits per heavy atom. The van der Waals surface area contributed by atoms with Crippen LogP contribution in [0.2, 0.25) is 0 Å². The molecule has 16 heavy (non-hydrogen) atoms. The zero-order chi connectivity index (χ0) is 12.3. The van der Waals surface area contributed by atoms with Crippen LogP contribution in [0.15, 0.2) is 18.2 Å². The van der Waals surface area contributed by atoms with Gasteiger partial charge < -0.3 is 0 Å². The maximum atomic E-state index is 13.2. The predicted molar refractivity (Wildman–Crippen MR) is 62.4 cm³/mol. The van der Waals surface area contributed by atoms with Crippen LogP contribution in [0.5, 0.6) is 0 Å². The van der Waals surface area contributed by atoms with E-state index in [-0.39, 0.29) is 5.82 Å². The highest BCUT2D eigenvalue weighted by molar-refractivity contribution is 5.38. The van der Waals surface area contributed by atoms with Crippen LogP contribution in [-0.4, -0.2) is 6.17 Å². The largest absolute Gasteiger partial charge is 0.246 e. The molecule has 0 aliphatic rings. The standard InChI is InChI=1S/C14H16F2/c1-10-7-12(9-13(16)8-10)5-6-14(3,4)11(2)15/h7-9,11H,1-4H3. The maximum Gasteiger partial charge on any atom is 0.124 e. The van der Waals surface area contributed by atoms with Gasteiger partial charge in [0.2, 0.25) is 0 Å². The van der Waals surface area contributed by atoms with E-state index in [2.05, 4.69) is 11.8 Å². The molecule has 0 fully saturated rings. The van der Waals surface area contributed by atoms with Crippen LogP contribution in [0.3, 0.4) is 0 Å². The van der Waals surface area contributed by atoms with Crippen molar-refractivity contribution in [3.63, 3.8) is 0 Å². The summed E-state index contributed by atoms with van der Waals surface area (Å²) in [5.41, 5.74) is 0.696. The van der Waals surface area contributed by atoms with Crippen LogP contribution in [0.1, 0.15) is 31.9 Å². The Labute approximate surface area is 95.7 Å². The van der Waals surface area contributed by atoms with Gasteiger partial charge in [0.15, 0.2) is 0 Å². The van der Waals surface area contributed by atoms with Gasteiger partial charge in [0.25, 0.3) is 0 Å². The number of hydrogen-bond donors (Lipinski definition) is 0. The average Bonchev–Trinajstić information content (AvgIpc) is 2.13. The van der Waals surface area contributed by atoms with Crippen molar-refractivity contribution in [3.8, 4) is 11.8 Å². The first-order valence-electron chi connectivity index (χ1n) is 5.26. The van der Waals surface area contributed by atoms with Crippen molar-refractivity contribution in [1.29, 1.82) is 0 Å². The van der Waals surface area contributed by atoms with E-state index in [1.54, 1.807) is 26.8 Å². The Hall–Kier alpha value is -1.36. The van der Waals surface area contributed by atoms with Crippen LogP contribution >= 0.6 is 0 Å². The second-order valence-electron chi connectivity index (χ2n) is 4.60. The van der Waals surface area contributed by atoms with Gasteiger partial charge in [0, 0.05) is 5.56 Å². The quantitative estimate of drug-likeness (QED) is 0.633. The van der Waals surface area contributed by atoms with E-state index in [4.69, 9.17) is 0 Å². The summed E-state index contributed by atoms with van der Waals surface area (Å²) >= 11 is 0. The summed E-state index contributed by atoms with van der Waals surface area (Å²) in [6, 6.07) is 4.59. The van der Waals surface area contributed by atoms with Gasteiger partial charge in [-0.25, -0.2) is 8.78 Å². The van der Waals surface area contributed by atoms with Gasteiger partial charge in [-0.1, -0.05) is 11.8 Å². The first-order chi connectivity index (χ1) is 7.31. The van der Waals surface area contributed by atoms with Gasteiger partial charge in [-0.3, -0.25) is 0 Å². The van der Waals surface area contributed by atoms with Crippen LogP contribution in [0.4, 0.5) is 8.78 Å². The Bertz CT molecular complexity index is 414. The SMILES string of the molecule is Cc1cc(F)cc(C#CC(C)(C)C(C)F)c1. The minimum atomic E-state index is -1.02. The van der Waals surface area contributed by atoms with Gasteiger partial charge in [-0.15, -0.1) is 0 Å². The first-order valence-corrected chi connectivity index (χ1v) is 5.26. The molecule has 0 bridgehead atoms. The molecule has 1 rings (SSSR count). The van der Waals surface area contributed by atoms with E-state index in [0.717, 1.165) is 5.56 Å². The molecule has 1 unspecified atom stereocenters. The third-order valence-corrected chi connectivity index (χ3v) is 2.57. The fourth-order valence-electron chi connectivity index (χ4n) is 1.14. The molecule has 1 atom stereocenters. The van der Waals surface area contributed by atoms with E-state index in [1.165, 1.54) is 19.1 Å². The third kappa shape index (κ3) is 3.34. The van der Waals surface area contributed by atoms with Crippen LogP contribution in [-0.2, 0) is 0 Å². The predicted octanol–water partition coefficient (Wildman–Crippen LogP) is 3.87. The van der Waals surface area contributed by atoms with E-state index in [1.807, 2.05) is 0 Å². The average molecular weight is 222 g/mol. The second kappa shape index (κ2) is 4.65. The Morgan fingerprint density at radius 3 is 2.38 bits per heavy atom. The fourth-order valence-corrected chi connectivity index (χ4v) is 1.14. The molecule has 0 aromatic heterocycles.